The normalized spacial score (nSPS) is 18.5. The summed E-state index contributed by atoms with van der Waals surface area (Å²) in [5, 5.41) is 5.81. The van der Waals surface area contributed by atoms with Crippen LogP contribution in [0.1, 0.15) is 17.2 Å². The molecule has 5 nitrogen and oxygen atoms in total. The number of aryl methyl sites for hydroxylation is 1. The quantitative estimate of drug-likeness (QED) is 0.775. The molecule has 24 heavy (non-hydrogen) atoms. The van der Waals surface area contributed by atoms with Gasteiger partial charge in [-0.1, -0.05) is 48.0 Å². The molecule has 1 unspecified atom stereocenters. The molecule has 2 atom stereocenters. The molecule has 0 saturated carbocycles. The van der Waals surface area contributed by atoms with E-state index in [1.807, 2.05) is 61.5 Å². The Labute approximate surface area is 141 Å². The maximum absolute atomic E-state index is 12.9. The second-order valence-electron chi connectivity index (χ2n) is 6.13. The van der Waals surface area contributed by atoms with Crippen molar-refractivity contribution in [3.05, 3.63) is 65.7 Å². The summed E-state index contributed by atoms with van der Waals surface area (Å²) in [6.45, 7) is 3.64. The first-order valence-electron chi connectivity index (χ1n) is 8.17. The van der Waals surface area contributed by atoms with Gasteiger partial charge in [0.1, 0.15) is 0 Å². The number of hydrogen-bond acceptors (Lipinski definition) is 2. The number of quaternary nitrogens is 1. The van der Waals surface area contributed by atoms with Gasteiger partial charge in [-0.3, -0.25) is 9.59 Å². The second-order valence-corrected chi connectivity index (χ2v) is 6.13. The highest BCUT2D eigenvalue weighted by molar-refractivity contribution is 5.94. The fraction of sp³-hybridized carbons (Fsp3) is 0.263. The third-order valence-corrected chi connectivity index (χ3v) is 4.28. The van der Waals surface area contributed by atoms with Gasteiger partial charge in [-0.25, -0.2) is 0 Å². The Hall–Kier alpha value is -2.66. The van der Waals surface area contributed by atoms with Crippen LogP contribution in [0, 0.1) is 6.92 Å². The smallest absolute Gasteiger partial charge is 0.287 e. The van der Waals surface area contributed by atoms with Gasteiger partial charge in [-0.2, -0.15) is 0 Å². The van der Waals surface area contributed by atoms with Crippen LogP contribution in [0.2, 0.25) is 0 Å². The predicted molar refractivity (Wildman–Crippen MR) is 92.7 cm³/mol. The molecular weight excluding hydrogens is 302 g/mol. The maximum atomic E-state index is 12.9. The first kappa shape index (κ1) is 16.2. The lowest BCUT2D eigenvalue weighted by molar-refractivity contribution is -0.915. The highest BCUT2D eigenvalue weighted by Crippen LogP contribution is 2.14. The van der Waals surface area contributed by atoms with Gasteiger partial charge in [0.2, 0.25) is 0 Å². The van der Waals surface area contributed by atoms with Gasteiger partial charge in [0.05, 0.1) is 13.1 Å². The van der Waals surface area contributed by atoms with Crippen molar-refractivity contribution in [3.8, 4) is 0 Å². The Morgan fingerprint density at radius 3 is 2.50 bits per heavy atom. The van der Waals surface area contributed by atoms with Crippen LogP contribution in [-0.4, -0.2) is 31.4 Å². The van der Waals surface area contributed by atoms with E-state index < -0.39 is 6.04 Å². The summed E-state index contributed by atoms with van der Waals surface area (Å²) >= 11 is 0. The average molecular weight is 324 g/mol. The van der Waals surface area contributed by atoms with E-state index in [0.29, 0.717) is 13.1 Å². The summed E-state index contributed by atoms with van der Waals surface area (Å²) in [6, 6.07) is 17.0. The van der Waals surface area contributed by atoms with Crippen molar-refractivity contribution in [2.45, 2.75) is 13.0 Å². The number of carbonyl (C=O) groups is 2. The van der Waals surface area contributed by atoms with Crippen molar-refractivity contribution < 1.29 is 14.5 Å². The van der Waals surface area contributed by atoms with Crippen molar-refractivity contribution in [1.29, 1.82) is 0 Å². The van der Waals surface area contributed by atoms with Crippen LogP contribution in [0.5, 0.6) is 0 Å². The first-order chi connectivity index (χ1) is 11.6. The van der Waals surface area contributed by atoms with E-state index in [4.69, 9.17) is 0 Å². The number of hydrogen-bond donors (Lipinski definition) is 3. The predicted octanol–water partition coefficient (Wildman–Crippen LogP) is 0.690. The molecule has 1 fully saturated rings. The number of nitrogens with one attached hydrogen (secondary N) is 3. The van der Waals surface area contributed by atoms with Gasteiger partial charge in [0, 0.05) is 11.3 Å². The third-order valence-electron chi connectivity index (χ3n) is 4.28. The second kappa shape index (κ2) is 7.27. The lowest BCUT2D eigenvalue weighted by atomic mass is 10.0. The Bertz CT molecular complexity index is 713. The standard InChI is InChI=1S/C19H21N3O2/c1-14-7-9-16(10-8-14)21-19(24)18(15-5-3-2-4-6-15)22-12-11-20-17(23)13-22/h2-10,18H,11-13H2,1H3,(H,20,23)(H,21,24)/p+1/t18-/m1/s1. The van der Waals surface area contributed by atoms with E-state index in [1.54, 1.807) is 0 Å². The van der Waals surface area contributed by atoms with Crippen LogP contribution in [0.4, 0.5) is 5.69 Å². The number of benzene rings is 2. The van der Waals surface area contributed by atoms with E-state index in [-0.39, 0.29) is 11.8 Å². The van der Waals surface area contributed by atoms with Crippen LogP contribution in [-0.2, 0) is 9.59 Å². The molecule has 2 aromatic carbocycles. The molecule has 1 aliphatic heterocycles. The van der Waals surface area contributed by atoms with Crippen molar-refractivity contribution >= 4 is 17.5 Å². The van der Waals surface area contributed by atoms with Gasteiger partial charge in [-0.05, 0) is 19.1 Å². The number of carbonyl (C=O) groups excluding carboxylic acids is 2. The summed E-state index contributed by atoms with van der Waals surface area (Å²) in [7, 11) is 0. The summed E-state index contributed by atoms with van der Waals surface area (Å²) in [5.74, 6) is -0.102. The minimum Gasteiger partial charge on any atom is -0.346 e. The average Bonchev–Trinajstić information content (AvgIpc) is 2.58. The molecular formula is C19H22N3O2+. The molecule has 2 amide bonds. The lowest BCUT2D eigenvalue weighted by Crippen LogP contribution is -3.16. The maximum Gasteiger partial charge on any atom is 0.287 e. The van der Waals surface area contributed by atoms with E-state index in [1.165, 1.54) is 0 Å². The molecule has 0 aromatic heterocycles. The monoisotopic (exact) mass is 324 g/mol. The number of piperazine rings is 1. The van der Waals surface area contributed by atoms with E-state index in [0.717, 1.165) is 28.3 Å². The molecule has 1 saturated heterocycles. The minimum atomic E-state index is -0.404. The molecule has 1 aliphatic rings. The Kier molecular flexibility index (Phi) is 4.91. The molecule has 0 radical (unpaired) electrons. The Balaban J connectivity index is 1.84. The molecule has 124 valence electrons. The molecule has 2 aromatic rings. The molecule has 3 N–H and O–H groups in total. The van der Waals surface area contributed by atoms with Crippen molar-refractivity contribution in [1.82, 2.24) is 5.32 Å². The zero-order valence-corrected chi connectivity index (χ0v) is 13.7. The molecule has 5 heteroatoms. The van der Waals surface area contributed by atoms with Gasteiger partial charge < -0.3 is 15.5 Å². The fourth-order valence-corrected chi connectivity index (χ4v) is 3.04. The molecule has 0 bridgehead atoms. The van der Waals surface area contributed by atoms with Crippen LogP contribution < -0.4 is 15.5 Å². The summed E-state index contributed by atoms with van der Waals surface area (Å²) in [4.78, 5) is 25.7. The van der Waals surface area contributed by atoms with Gasteiger partial charge >= 0.3 is 0 Å². The molecule has 1 heterocycles. The SMILES string of the molecule is Cc1ccc(NC(=O)[C@@H](c2ccccc2)[NH+]2CCNC(=O)C2)cc1. The van der Waals surface area contributed by atoms with Gasteiger partial charge in [-0.15, -0.1) is 0 Å². The highest BCUT2D eigenvalue weighted by Gasteiger charge is 2.34. The number of anilines is 1. The van der Waals surface area contributed by atoms with Crippen LogP contribution in [0.3, 0.4) is 0 Å². The summed E-state index contributed by atoms with van der Waals surface area (Å²) < 4.78 is 0. The topological polar surface area (TPSA) is 62.6 Å². The summed E-state index contributed by atoms with van der Waals surface area (Å²) in [5.41, 5.74) is 2.84. The van der Waals surface area contributed by atoms with Crippen LogP contribution in [0.25, 0.3) is 0 Å². The zero-order chi connectivity index (χ0) is 16.9. The Morgan fingerprint density at radius 2 is 1.83 bits per heavy atom. The van der Waals surface area contributed by atoms with Crippen LogP contribution >= 0.6 is 0 Å². The number of amides is 2. The summed E-state index contributed by atoms with van der Waals surface area (Å²) in [6.07, 6.45) is 0. The van der Waals surface area contributed by atoms with E-state index in [2.05, 4.69) is 10.6 Å². The van der Waals surface area contributed by atoms with Crippen molar-refractivity contribution in [2.24, 2.45) is 0 Å². The number of rotatable bonds is 4. The molecule has 0 aliphatic carbocycles. The lowest BCUT2D eigenvalue weighted by Gasteiger charge is -2.30. The molecule has 3 rings (SSSR count). The third kappa shape index (κ3) is 3.81. The zero-order valence-electron chi connectivity index (χ0n) is 13.7. The van der Waals surface area contributed by atoms with E-state index >= 15 is 0 Å². The first-order valence-corrected chi connectivity index (χ1v) is 8.17. The Morgan fingerprint density at radius 1 is 1.12 bits per heavy atom. The van der Waals surface area contributed by atoms with E-state index in [9.17, 15) is 9.59 Å². The fourth-order valence-electron chi connectivity index (χ4n) is 3.04. The largest absolute Gasteiger partial charge is 0.346 e. The highest BCUT2D eigenvalue weighted by atomic mass is 16.2. The van der Waals surface area contributed by atoms with Crippen molar-refractivity contribution in [2.75, 3.05) is 25.0 Å². The van der Waals surface area contributed by atoms with Gasteiger partial charge in [0.25, 0.3) is 11.8 Å². The molecule has 0 spiro atoms. The van der Waals surface area contributed by atoms with Gasteiger partial charge in [0.15, 0.2) is 12.6 Å². The van der Waals surface area contributed by atoms with Crippen LogP contribution in [0.15, 0.2) is 54.6 Å². The minimum absolute atomic E-state index is 0.0136. The van der Waals surface area contributed by atoms with Crippen molar-refractivity contribution in [3.63, 3.8) is 0 Å².